The van der Waals surface area contributed by atoms with E-state index in [2.05, 4.69) is 15.6 Å². The monoisotopic (exact) mass is 532 g/mol. The van der Waals surface area contributed by atoms with Gasteiger partial charge in [0.1, 0.15) is 0 Å². The van der Waals surface area contributed by atoms with Crippen LogP contribution in [0.2, 0.25) is 0 Å². The lowest BCUT2D eigenvalue weighted by Crippen LogP contribution is -2.62. The lowest BCUT2D eigenvalue weighted by Gasteiger charge is -2.44. The largest absolute Gasteiger partial charge is 0.432 e. The highest BCUT2D eigenvalue weighted by atomic mass is 16.6. The SMILES string of the molecule is CCCNC(=O)O[C@@](Cn1cnc(-c2ccccc2)c1)(C(=O)C(=O)N[C@H](C)c1ccccc1)C(C)(C)CCC. The first-order chi connectivity index (χ1) is 18.6. The van der Waals surface area contributed by atoms with Crippen molar-refractivity contribution in [2.24, 2.45) is 5.41 Å². The van der Waals surface area contributed by atoms with Crippen LogP contribution in [0.4, 0.5) is 4.79 Å². The molecule has 208 valence electrons. The summed E-state index contributed by atoms with van der Waals surface area (Å²) in [5.74, 6) is -1.60. The summed E-state index contributed by atoms with van der Waals surface area (Å²) in [4.78, 5) is 45.3. The van der Waals surface area contributed by atoms with Crippen molar-refractivity contribution in [3.63, 3.8) is 0 Å². The number of ether oxygens (including phenoxy) is 1. The fourth-order valence-corrected chi connectivity index (χ4v) is 4.79. The summed E-state index contributed by atoms with van der Waals surface area (Å²) in [5, 5.41) is 5.53. The molecule has 1 heterocycles. The molecule has 0 bridgehead atoms. The lowest BCUT2D eigenvalue weighted by atomic mass is 9.68. The highest BCUT2D eigenvalue weighted by Gasteiger charge is 2.56. The summed E-state index contributed by atoms with van der Waals surface area (Å²) in [6.07, 6.45) is 4.64. The molecule has 0 aliphatic heterocycles. The number of amides is 2. The Morgan fingerprint density at radius 1 is 0.974 bits per heavy atom. The molecule has 0 fully saturated rings. The topological polar surface area (TPSA) is 102 Å². The smallest absolute Gasteiger partial charge is 0.408 e. The Morgan fingerprint density at radius 2 is 1.62 bits per heavy atom. The lowest BCUT2D eigenvalue weighted by molar-refractivity contribution is -0.163. The number of hydrogen-bond donors (Lipinski definition) is 2. The van der Waals surface area contributed by atoms with Crippen LogP contribution in [0.25, 0.3) is 11.3 Å². The molecule has 2 amide bonds. The number of rotatable bonds is 13. The molecule has 0 aliphatic carbocycles. The van der Waals surface area contributed by atoms with Crippen molar-refractivity contribution in [2.75, 3.05) is 6.54 Å². The third kappa shape index (κ3) is 7.13. The molecule has 0 saturated heterocycles. The maximum atomic E-state index is 14.2. The average molecular weight is 533 g/mol. The van der Waals surface area contributed by atoms with Crippen LogP contribution in [0, 0.1) is 5.41 Å². The molecule has 3 aromatic rings. The quantitative estimate of drug-likeness (QED) is 0.275. The molecule has 2 atom stereocenters. The number of nitrogens with zero attached hydrogens (tertiary/aromatic N) is 2. The molecule has 0 spiro atoms. The number of imidazole rings is 1. The molecule has 39 heavy (non-hydrogen) atoms. The van der Waals surface area contributed by atoms with Crippen LogP contribution in [-0.4, -0.2) is 39.5 Å². The number of ketones is 1. The van der Waals surface area contributed by atoms with Crippen molar-refractivity contribution in [3.05, 3.63) is 78.8 Å². The molecule has 0 aliphatic rings. The van der Waals surface area contributed by atoms with E-state index in [0.717, 1.165) is 17.5 Å². The van der Waals surface area contributed by atoms with Crippen molar-refractivity contribution in [2.45, 2.75) is 72.1 Å². The van der Waals surface area contributed by atoms with Crippen LogP contribution in [0.15, 0.2) is 73.2 Å². The predicted molar refractivity (Wildman–Crippen MR) is 152 cm³/mol. The zero-order valence-electron chi connectivity index (χ0n) is 23.6. The van der Waals surface area contributed by atoms with Gasteiger partial charge in [0, 0.05) is 23.7 Å². The number of Topliss-reactive ketones (excluding diaryl/α,β-unsaturated/α-hetero) is 1. The van der Waals surface area contributed by atoms with Gasteiger partial charge in [-0.3, -0.25) is 9.59 Å². The van der Waals surface area contributed by atoms with E-state index >= 15 is 0 Å². The maximum absolute atomic E-state index is 14.2. The molecule has 2 N–H and O–H groups in total. The number of benzene rings is 2. The minimum absolute atomic E-state index is 0.0641. The molecule has 8 heteroatoms. The maximum Gasteiger partial charge on any atom is 0.408 e. The summed E-state index contributed by atoms with van der Waals surface area (Å²) in [6, 6.07) is 18.6. The number of nitrogens with one attached hydrogen (secondary N) is 2. The van der Waals surface area contributed by atoms with Crippen molar-refractivity contribution in [1.29, 1.82) is 0 Å². The van der Waals surface area contributed by atoms with Gasteiger partial charge in [-0.2, -0.15) is 0 Å². The van der Waals surface area contributed by atoms with Gasteiger partial charge in [0.25, 0.3) is 11.7 Å². The Kier molecular flexibility index (Phi) is 10.0. The summed E-state index contributed by atoms with van der Waals surface area (Å²) < 4.78 is 7.76. The fraction of sp³-hybridized carbons (Fsp3) is 0.419. The van der Waals surface area contributed by atoms with Gasteiger partial charge in [-0.25, -0.2) is 9.78 Å². The van der Waals surface area contributed by atoms with E-state index in [9.17, 15) is 14.4 Å². The predicted octanol–water partition coefficient (Wildman–Crippen LogP) is 5.70. The second kappa shape index (κ2) is 13.2. The van der Waals surface area contributed by atoms with Crippen LogP contribution in [0.3, 0.4) is 0 Å². The van der Waals surface area contributed by atoms with Gasteiger partial charge in [0.15, 0.2) is 0 Å². The first-order valence-corrected chi connectivity index (χ1v) is 13.6. The van der Waals surface area contributed by atoms with Crippen LogP contribution in [0.1, 0.15) is 65.5 Å². The summed E-state index contributed by atoms with van der Waals surface area (Å²) in [6.45, 7) is 9.79. The Morgan fingerprint density at radius 3 is 2.23 bits per heavy atom. The minimum Gasteiger partial charge on any atom is -0.432 e. The molecule has 8 nitrogen and oxygen atoms in total. The van der Waals surface area contributed by atoms with E-state index in [1.165, 1.54) is 0 Å². The second-order valence-corrected chi connectivity index (χ2v) is 10.5. The Hall–Kier alpha value is -3.94. The minimum atomic E-state index is -1.80. The molecule has 0 radical (unpaired) electrons. The van der Waals surface area contributed by atoms with Gasteiger partial charge in [-0.15, -0.1) is 0 Å². The van der Waals surface area contributed by atoms with E-state index in [-0.39, 0.29) is 6.54 Å². The van der Waals surface area contributed by atoms with Crippen molar-refractivity contribution >= 4 is 17.8 Å². The van der Waals surface area contributed by atoms with Crippen molar-refractivity contribution < 1.29 is 19.1 Å². The van der Waals surface area contributed by atoms with E-state index in [1.807, 2.05) is 95.3 Å². The highest BCUT2D eigenvalue weighted by Crippen LogP contribution is 2.41. The van der Waals surface area contributed by atoms with Crippen LogP contribution < -0.4 is 10.6 Å². The highest BCUT2D eigenvalue weighted by molar-refractivity contribution is 6.39. The van der Waals surface area contributed by atoms with Crippen molar-refractivity contribution in [3.8, 4) is 11.3 Å². The van der Waals surface area contributed by atoms with E-state index in [4.69, 9.17) is 4.74 Å². The zero-order chi connectivity index (χ0) is 28.5. The number of hydrogen-bond acceptors (Lipinski definition) is 5. The van der Waals surface area contributed by atoms with Gasteiger partial charge >= 0.3 is 6.09 Å². The number of aromatic nitrogens is 2. The van der Waals surface area contributed by atoms with E-state index in [1.54, 1.807) is 17.1 Å². The molecule has 2 aromatic carbocycles. The van der Waals surface area contributed by atoms with Gasteiger partial charge in [0.2, 0.25) is 5.60 Å². The molecule has 0 saturated carbocycles. The molecule has 0 unspecified atom stereocenters. The second-order valence-electron chi connectivity index (χ2n) is 10.5. The van der Waals surface area contributed by atoms with E-state index < -0.39 is 34.8 Å². The molecule has 1 aromatic heterocycles. The summed E-state index contributed by atoms with van der Waals surface area (Å²) in [5.41, 5.74) is -0.191. The normalized spacial score (nSPS) is 13.7. The summed E-state index contributed by atoms with van der Waals surface area (Å²) in [7, 11) is 0. The van der Waals surface area contributed by atoms with Crippen LogP contribution in [-0.2, 0) is 20.9 Å². The molecular formula is C31H40N4O4. The first kappa shape index (κ1) is 29.6. The standard InChI is InChI=1S/C31H40N4O4/c1-6-18-30(4,5)31(39-29(38)32-19-7-2,21-35-20-26(33-22-35)25-16-12-9-13-17-25)27(36)28(37)34-23(3)24-14-10-8-11-15-24/h8-17,20,22-23H,6-7,18-19,21H2,1-5H3,(H,32,38)(H,34,37)/t23-,31+/m1/s1. The van der Waals surface area contributed by atoms with Gasteiger partial charge in [-0.1, -0.05) is 94.8 Å². The number of carbonyl (C=O) groups excluding carboxylic acids is 3. The van der Waals surface area contributed by atoms with Crippen LogP contribution >= 0.6 is 0 Å². The van der Waals surface area contributed by atoms with Crippen LogP contribution in [0.5, 0.6) is 0 Å². The Balaban J connectivity index is 2.03. The number of alkyl carbamates (subject to hydrolysis) is 1. The van der Waals surface area contributed by atoms with Gasteiger partial charge < -0.3 is 19.9 Å². The molecule has 3 rings (SSSR count). The molecular weight excluding hydrogens is 492 g/mol. The average Bonchev–Trinajstić information content (AvgIpc) is 3.40. The third-order valence-corrected chi connectivity index (χ3v) is 7.08. The van der Waals surface area contributed by atoms with Gasteiger partial charge in [0.05, 0.1) is 24.6 Å². The van der Waals surface area contributed by atoms with Gasteiger partial charge in [-0.05, 0) is 25.3 Å². The third-order valence-electron chi connectivity index (χ3n) is 7.08. The Labute approximate surface area is 231 Å². The van der Waals surface area contributed by atoms with E-state index in [0.29, 0.717) is 25.1 Å². The fourth-order valence-electron chi connectivity index (χ4n) is 4.79. The first-order valence-electron chi connectivity index (χ1n) is 13.6. The Bertz CT molecular complexity index is 1240. The van der Waals surface area contributed by atoms with Crippen molar-refractivity contribution in [1.82, 2.24) is 20.2 Å². The number of carbonyl (C=O) groups is 3. The summed E-state index contributed by atoms with van der Waals surface area (Å²) >= 11 is 0. The zero-order valence-corrected chi connectivity index (χ0v) is 23.6.